The Labute approximate surface area is 167 Å². The van der Waals surface area contributed by atoms with Gasteiger partial charge in [-0.3, -0.25) is 0 Å². The molecule has 1 saturated carbocycles. The van der Waals surface area contributed by atoms with Gasteiger partial charge in [-0.2, -0.15) is 0 Å². The van der Waals surface area contributed by atoms with Gasteiger partial charge in [-0.15, -0.1) is 21.5 Å². The monoisotopic (exact) mass is 429 g/mol. The second-order valence-corrected chi connectivity index (χ2v) is 10.1. The van der Waals surface area contributed by atoms with Crippen LogP contribution in [0.25, 0.3) is 0 Å². The zero-order valence-corrected chi connectivity index (χ0v) is 17.7. The first-order chi connectivity index (χ1) is 12.6. The van der Waals surface area contributed by atoms with Crippen LogP contribution in [0.15, 0.2) is 46.3 Å². The quantitative estimate of drug-likeness (QED) is 0.465. The van der Waals surface area contributed by atoms with Crippen LogP contribution in [-0.2, 0) is 18.4 Å². The molecule has 1 aromatic carbocycles. The van der Waals surface area contributed by atoms with E-state index in [1.54, 1.807) is 11.3 Å². The average Bonchev–Trinajstić information content (AvgIpc) is 3.23. The molecule has 136 valence electrons. The molecule has 0 saturated heterocycles. The lowest BCUT2D eigenvalue weighted by Crippen LogP contribution is -2.24. The average molecular weight is 430 g/mol. The van der Waals surface area contributed by atoms with Gasteiger partial charge in [-0.25, -0.2) is 0 Å². The first-order valence-electron chi connectivity index (χ1n) is 9.29. The highest BCUT2D eigenvalue weighted by molar-refractivity contribution is 9.11. The maximum absolute atomic E-state index is 4.66. The summed E-state index contributed by atoms with van der Waals surface area (Å²) in [4.78, 5) is 1.32. The van der Waals surface area contributed by atoms with Gasteiger partial charge in [0.25, 0.3) is 0 Å². The molecule has 0 amide bonds. The SMILES string of the molecule is CC(C)(c1ccc(Br)s1)c1nnc(C2CC2)n1CCCc1ccccc1. The zero-order valence-electron chi connectivity index (χ0n) is 15.3. The molecule has 0 spiro atoms. The van der Waals surface area contributed by atoms with Crippen LogP contribution in [0, 0.1) is 0 Å². The number of nitrogens with zero attached hydrogens (tertiary/aromatic N) is 3. The standard InChI is InChI=1S/C21H24BrN3S/c1-21(2,17-12-13-18(22)26-17)20-24-23-19(16-10-11-16)25(20)14-6-9-15-7-4-3-5-8-15/h3-5,7-8,12-13,16H,6,9-11,14H2,1-2H3. The number of halogens is 1. The van der Waals surface area contributed by atoms with Gasteiger partial charge in [0.05, 0.1) is 9.20 Å². The molecular formula is C21H24BrN3S. The van der Waals surface area contributed by atoms with Crippen LogP contribution in [0.1, 0.15) is 61.1 Å². The summed E-state index contributed by atoms with van der Waals surface area (Å²) in [5, 5.41) is 9.27. The molecule has 0 atom stereocenters. The molecule has 3 aromatic rings. The molecule has 1 aliphatic carbocycles. The molecular weight excluding hydrogens is 406 g/mol. The minimum Gasteiger partial charge on any atom is -0.314 e. The molecule has 1 aliphatic rings. The van der Waals surface area contributed by atoms with Crippen molar-refractivity contribution in [1.29, 1.82) is 0 Å². The molecule has 0 radical (unpaired) electrons. The van der Waals surface area contributed by atoms with Crippen molar-refractivity contribution >= 4 is 27.3 Å². The van der Waals surface area contributed by atoms with Gasteiger partial charge in [-0.1, -0.05) is 30.3 Å². The van der Waals surface area contributed by atoms with Crippen molar-refractivity contribution in [3.8, 4) is 0 Å². The van der Waals surface area contributed by atoms with Crippen molar-refractivity contribution in [3.63, 3.8) is 0 Å². The lowest BCUT2D eigenvalue weighted by atomic mass is 9.90. The van der Waals surface area contributed by atoms with Crippen LogP contribution in [0.4, 0.5) is 0 Å². The van der Waals surface area contributed by atoms with Gasteiger partial charge < -0.3 is 4.57 Å². The van der Waals surface area contributed by atoms with Gasteiger partial charge in [0.2, 0.25) is 0 Å². The maximum Gasteiger partial charge on any atom is 0.143 e. The number of hydrogen-bond donors (Lipinski definition) is 0. The summed E-state index contributed by atoms with van der Waals surface area (Å²) in [7, 11) is 0. The second kappa shape index (κ2) is 7.28. The van der Waals surface area contributed by atoms with E-state index in [2.05, 4.69) is 87.0 Å². The molecule has 5 heteroatoms. The highest BCUT2D eigenvalue weighted by Gasteiger charge is 2.36. The van der Waals surface area contributed by atoms with Crippen molar-refractivity contribution in [1.82, 2.24) is 14.8 Å². The number of benzene rings is 1. The van der Waals surface area contributed by atoms with Crippen LogP contribution in [0.2, 0.25) is 0 Å². The molecule has 26 heavy (non-hydrogen) atoms. The van der Waals surface area contributed by atoms with Crippen LogP contribution >= 0.6 is 27.3 Å². The lowest BCUT2D eigenvalue weighted by Gasteiger charge is -2.24. The van der Waals surface area contributed by atoms with Crippen LogP contribution in [0.3, 0.4) is 0 Å². The first kappa shape index (κ1) is 17.9. The Balaban J connectivity index is 1.59. The van der Waals surface area contributed by atoms with E-state index in [-0.39, 0.29) is 5.41 Å². The molecule has 0 bridgehead atoms. The summed E-state index contributed by atoms with van der Waals surface area (Å²) in [6.45, 7) is 5.51. The van der Waals surface area contributed by atoms with Gasteiger partial charge >= 0.3 is 0 Å². The molecule has 0 unspecified atom stereocenters. The summed E-state index contributed by atoms with van der Waals surface area (Å²) in [5.41, 5.74) is 1.26. The Bertz CT molecular complexity index is 878. The lowest BCUT2D eigenvalue weighted by molar-refractivity contribution is 0.513. The van der Waals surface area contributed by atoms with Gasteiger partial charge in [0.1, 0.15) is 11.6 Å². The van der Waals surface area contributed by atoms with E-state index in [1.165, 1.54) is 29.1 Å². The Morgan fingerprint density at radius 1 is 1.12 bits per heavy atom. The second-order valence-electron chi connectivity index (χ2n) is 7.63. The highest BCUT2D eigenvalue weighted by atomic mass is 79.9. The van der Waals surface area contributed by atoms with E-state index in [0.717, 1.165) is 29.0 Å². The number of aryl methyl sites for hydroxylation is 1. The van der Waals surface area contributed by atoms with Gasteiger partial charge in [-0.05, 0) is 73.2 Å². The van der Waals surface area contributed by atoms with Crippen molar-refractivity contribution in [3.05, 3.63) is 68.3 Å². The van der Waals surface area contributed by atoms with Crippen molar-refractivity contribution < 1.29 is 0 Å². The molecule has 3 nitrogen and oxygen atoms in total. The number of thiophene rings is 1. The summed E-state index contributed by atoms with van der Waals surface area (Å²) >= 11 is 5.39. The van der Waals surface area contributed by atoms with E-state index >= 15 is 0 Å². The van der Waals surface area contributed by atoms with Crippen molar-refractivity contribution in [2.24, 2.45) is 0 Å². The van der Waals surface area contributed by atoms with E-state index in [4.69, 9.17) is 0 Å². The predicted molar refractivity (Wildman–Crippen MR) is 111 cm³/mol. The summed E-state index contributed by atoms with van der Waals surface area (Å²) in [6, 6.07) is 15.1. The third kappa shape index (κ3) is 3.65. The Morgan fingerprint density at radius 2 is 1.88 bits per heavy atom. The molecule has 0 N–H and O–H groups in total. The van der Waals surface area contributed by atoms with Crippen LogP contribution in [0.5, 0.6) is 0 Å². The smallest absolute Gasteiger partial charge is 0.143 e. The van der Waals surface area contributed by atoms with E-state index in [0.29, 0.717) is 5.92 Å². The maximum atomic E-state index is 4.66. The fourth-order valence-corrected chi connectivity index (χ4v) is 4.97. The third-order valence-corrected chi connectivity index (χ3v) is 7.11. The fourth-order valence-electron chi connectivity index (χ4n) is 3.49. The number of hydrogen-bond acceptors (Lipinski definition) is 3. The van der Waals surface area contributed by atoms with E-state index < -0.39 is 0 Å². The molecule has 2 heterocycles. The van der Waals surface area contributed by atoms with E-state index in [1.807, 2.05) is 0 Å². The predicted octanol–water partition coefficient (Wildman–Crippen LogP) is 5.94. The zero-order chi connectivity index (χ0) is 18.1. The largest absolute Gasteiger partial charge is 0.314 e. The molecule has 4 rings (SSSR count). The highest BCUT2D eigenvalue weighted by Crippen LogP contribution is 2.42. The van der Waals surface area contributed by atoms with Gasteiger partial charge in [0, 0.05) is 17.3 Å². The van der Waals surface area contributed by atoms with Crippen LogP contribution < -0.4 is 0 Å². The summed E-state index contributed by atoms with van der Waals surface area (Å²) in [5.74, 6) is 2.90. The molecule has 0 aliphatic heterocycles. The third-order valence-electron chi connectivity index (χ3n) is 5.16. The minimum absolute atomic E-state index is 0.135. The molecule has 2 aromatic heterocycles. The number of aromatic nitrogens is 3. The Hall–Kier alpha value is -1.46. The summed E-state index contributed by atoms with van der Waals surface area (Å²) < 4.78 is 3.58. The number of rotatable bonds is 7. The molecule has 1 fully saturated rings. The van der Waals surface area contributed by atoms with Crippen molar-refractivity contribution in [2.75, 3.05) is 0 Å². The fraction of sp³-hybridized carbons (Fsp3) is 0.429. The van der Waals surface area contributed by atoms with Crippen molar-refractivity contribution in [2.45, 2.75) is 57.4 Å². The Kier molecular flexibility index (Phi) is 5.02. The summed E-state index contributed by atoms with van der Waals surface area (Å²) in [6.07, 6.45) is 4.70. The van der Waals surface area contributed by atoms with E-state index in [9.17, 15) is 0 Å². The van der Waals surface area contributed by atoms with Gasteiger partial charge in [0.15, 0.2) is 0 Å². The minimum atomic E-state index is -0.135. The topological polar surface area (TPSA) is 30.7 Å². The Morgan fingerprint density at radius 3 is 2.54 bits per heavy atom. The van der Waals surface area contributed by atoms with Crippen LogP contribution in [-0.4, -0.2) is 14.8 Å². The first-order valence-corrected chi connectivity index (χ1v) is 10.9. The normalized spacial score (nSPS) is 14.7.